The number of likely N-dealkylation sites (tertiary alicyclic amines) is 1. The van der Waals surface area contributed by atoms with Crippen molar-refractivity contribution >= 4 is 35.8 Å². The fourth-order valence-electron chi connectivity index (χ4n) is 4.82. The molecule has 0 bridgehead atoms. The van der Waals surface area contributed by atoms with Crippen LogP contribution < -0.4 is 5.32 Å². The summed E-state index contributed by atoms with van der Waals surface area (Å²) in [4.78, 5) is 22.6. The first-order valence-corrected chi connectivity index (χ1v) is 11.2. The molecule has 0 radical (unpaired) electrons. The Kier molecular flexibility index (Phi) is 8.39. The van der Waals surface area contributed by atoms with Crippen molar-refractivity contribution in [2.75, 3.05) is 52.5 Å². The number of benzene rings is 1. The molecule has 3 fully saturated rings. The summed E-state index contributed by atoms with van der Waals surface area (Å²) in [6.07, 6.45) is 5.34. The summed E-state index contributed by atoms with van der Waals surface area (Å²) in [7, 11) is 0. The molecule has 4 rings (SSSR count). The zero-order chi connectivity index (χ0) is 20.1. The molecule has 2 heterocycles. The number of ether oxygens (including phenoxy) is 1. The van der Waals surface area contributed by atoms with E-state index in [0.717, 1.165) is 31.2 Å². The van der Waals surface area contributed by atoms with Crippen molar-refractivity contribution in [2.45, 2.75) is 38.5 Å². The van der Waals surface area contributed by atoms with Gasteiger partial charge in [-0.15, -0.1) is 24.0 Å². The Morgan fingerprint density at radius 3 is 2.47 bits per heavy atom. The predicted octanol–water partition coefficient (Wildman–Crippen LogP) is 3.09. The van der Waals surface area contributed by atoms with Gasteiger partial charge in [-0.05, 0) is 37.2 Å². The maximum absolute atomic E-state index is 13.3. The van der Waals surface area contributed by atoms with Crippen LogP contribution in [-0.2, 0) is 9.53 Å². The SMILES string of the molecule is CCNC(=NCC(C(=O)N1CCOCC1)c1ccccc1)N1CCC2(CCC2)C1.I. The molecule has 1 N–H and O–H groups in total. The number of morpholine rings is 1. The molecule has 1 aromatic carbocycles. The van der Waals surface area contributed by atoms with Crippen molar-refractivity contribution < 1.29 is 9.53 Å². The maximum Gasteiger partial charge on any atom is 0.232 e. The van der Waals surface area contributed by atoms with Crippen LogP contribution in [0.4, 0.5) is 0 Å². The Labute approximate surface area is 197 Å². The Morgan fingerprint density at radius 2 is 1.87 bits per heavy atom. The van der Waals surface area contributed by atoms with E-state index >= 15 is 0 Å². The Hall–Kier alpha value is -1.35. The number of hydrogen-bond donors (Lipinski definition) is 1. The van der Waals surface area contributed by atoms with Crippen LogP contribution >= 0.6 is 24.0 Å². The minimum atomic E-state index is -0.247. The number of amides is 1. The number of aliphatic imine (C=N–C) groups is 1. The van der Waals surface area contributed by atoms with E-state index in [0.29, 0.717) is 38.3 Å². The van der Waals surface area contributed by atoms with Crippen molar-refractivity contribution in [1.29, 1.82) is 0 Å². The molecule has 1 aromatic rings. The normalized spacial score (nSPS) is 21.7. The second-order valence-electron chi connectivity index (χ2n) is 8.62. The molecule has 7 heteroatoms. The number of nitrogens with zero attached hydrogens (tertiary/aromatic N) is 3. The van der Waals surface area contributed by atoms with Gasteiger partial charge in [0.1, 0.15) is 0 Å². The van der Waals surface area contributed by atoms with Crippen molar-refractivity contribution in [2.24, 2.45) is 10.4 Å². The standard InChI is InChI=1S/C23H34N4O2.HI/c1-2-24-22(27-12-11-23(18-27)9-6-10-23)25-17-20(19-7-4-3-5-8-19)21(28)26-13-15-29-16-14-26;/h3-5,7-8,20H,2,6,9-18H2,1H3,(H,24,25);1H. The highest BCUT2D eigenvalue weighted by molar-refractivity contribution is 14.0. The van der Waals surface area contributed by atoms with E-state index in [9.17, 15) is 4.79 Å². The molecule has 2 aliphatic heterocycles. The zero-order valence-electron chi connectivity index (χ0n) is 18.0. The molecule has 6 nitrogen and oxygen atoms in total. The van der Waals surface area contributed by atoms with E-state index in [4.69, 9.17) is 9.73 Å². The largest absolute Gasteiger partial charge is 0.378 e. The molecular weight excluding hydrogens is 491 g/mol. The van der Waals surface area contributed by atoms with Crippen molar-refractivity contribution in [3.05, 3.63) is 35.9 Å². The van der Waals surface area contributed by atoms with Crippen LogP contribution in [0.15, 0.2) is 35.3 Å². The quantitative estimate of drug-likeness (QED) is 0.364. The first-order chi connectivity index (χ1) is 14.2. The molecular formula is C23H35IN4O2. The van der Waals surface area contributed by atoms with E-state index in [1.807, 2.05) is 35.2 Å². The van der Waals surface area contributed by atoms with Gasteiger partial charge in [-0.2, -0.15) is 0 Å². The van der Waals surface area contributed by atoms with Crippen molar-refractivity contribution in [3.63, 3.8) is 0 Å². The Balaban J connectivity index is 0.00000256. The van der Waals surface area contributed by atoms with Crippen molar-refractivity contribution in [1.82, 2.24) is 15.1 Å². The van der Waals surface area contributed by atoms with Crippen LogP contribution in [0.3, 0.4) is 0 Å². The molecule has 1 amide bonds. The third kappa shape index (κ3) is 5.28. The van der Waals surface area contributed by atoms with E-state index in [1.165, 1.54) is 25.7 Å². The van der Waals surface area contributed by atoms with Gasteiger partial charge in [0, 0.05) is 32.7 Å². The number of nitrogens with one attached hydrogen (secondary N) is 1. The molecule has 2 saturated heterocycles. The number of guanidine groups is 1. The molecule has 1 unspecified atom stereocenters. The minimum Gasteiger partial charge on any atom is -0.378 e. The van der Waals surface area contributed by atoms with Gasteiger partial charge in [-0.1, -0.05) is 36.8 Å². The molecule has 30 heavy (non-hydrogen) atoms. The van der Waals surface area contributed by atoms with Gasteiger partial charge in [0.05, 0.1) is 25.7 Å². The molecule has 3 aliphatic rings. The first kappa shape index (κ1) is 23.3. The van der Waals surface area contributed by atoms with Gasteiger partial charge in [-0.3, -0.25) is 9.79 Å². The summed E-state index contributed by atoms with van der Waals surface area (Å²) in [5.41, 5.74) is 1.57. The van der Waals surface area contributed by atoms with Crippen molar-refractivity contribution in [3.8, 4) is 0 Å². The average molecular weight is 526 g/mol. The maximum atomic E-state index is 13.3. The van der Waals surface area contributed by atoms with Crippen LogP contribution in [0, 0.1) is 5.41 Å². The predicted molar refractivity (Wildman–Crippen MR) is 130 cm³/mol. The topological polar surface area (TPSA) is 57.2 Å². The highest BCUT2D eigenvalue weighted by Crippen LogP contribution is 2.47. The minimum absolute atomic E-state index is 0. The molecule has 1 atom stereocenters. The number of rotatable bonds is 5. The third-order valence-electron chi connectivity index (χ3n) is 6.73. The second-order valence-corrected chi connectivity index (χ2v) is 8.62. The van der Waals surface area contributed by atoms with Crippen LogP contribution in [0.1, 0.15) is 44.1 Å². The van der Waals surface area contributed by atoms with Gasteiger partial charge < -0.3 is 19.9 Å². The van der Waals surface area contributed by atoms with Gasteiger partial charge in [-0.25, -0.2) is 0 Å². The zero-order valence-corrected chi connectivity index (χ0v) is 20.3. The number of carbonyl (C=O) groups excluding carboxylic acids is 1. The Morgan fingerprint density at radius 1 is 1.13 bits per heavy atom. The highest BCUT2D eigenvalue weighted by Gasteiger charge is 2.43. The highest BCUT2D eigenvalue weighted by atomic mass is 127. The number of halogens is 1. The Bertz CT molecular complexity index is 717. The van der Waals surface area contributed by atoms with Gasteiger partial charge >= 0.3 is 0 Å². The van der Waals surface area contributed by atoms with E-state index in [1.54, 1.807) is 0 Å². The van der Waals surface area contributed by atoms with Crippen LogP contribution in [0.2, 0.25) is 0 Å². The van der Waals surface area contributed by atoms with Gasteiger partial charge in [0.2, 0.25) is 5.91 Å². The third-order valence-corrected chi connectivity index (χ3v) is 6.73. The van der Waals surface area contributed by atoms with Gasteiger partial charge in [0.15, 0.2) is 5.96 Å². The second kappa shape index (κ2) is 10.8. The van der Waals surface area contributed by atoms with Crippen LogP contribution in [0.25, 0.3) is 0 Å². The van der Waals surface area contributed by atoms with E-state index in [-0.39, 0.29) is 35.8 Å². The van der Waals surface area contributed by atoms with Crippen LogP contribution in [-0.4, -0.2) is 74.1 Å². The summed E-state index contributed by atoms with van der Waals surface area (Å²) in [6, 6.07) is 10.1. The monoisotopic (exact) mass is 526 g/mol. The molecule has 1 aliphatic carbocycles. The molecule has 0 aromatic heterocycles. The van der Waals surface area contributed by atoms with Gasteiger partial charge in [0.25, 0.3) is 0 Å². The van der Waals surface area contributed by atoms with E-state index in [2.05, 4.69) is 17.1 Å². The molecule has 1 spiro atoms. The molecule has 166 valence electrons. The lowest BCUT2D eigenvalue weighted by Gasteiger charge is -2.38. The van der Waals surface area contributed by atoms with E-state index < -0.39 is 0 Å². The lowest BCUT2D eigenvalue weighted by atomic mass is 9.68. The average Bonchev–Trinajstić information content (AvgIpc) is 3.21. The summed E-state index contributed by atoms with van der Waals surface area (Å²) in [5.74, 6) is 0.881. The molecule has 1 saturated carbocycles. The summed E-state index contributed by atoms with van der Waals surface area (Å²) < 4.78 is 5.43. The fourth-order valence-corrected chi connectivity index (χ4v) is 4.82. The summed E-state index contributed by atoms with van der Waals surface area (Å²) in [6.45, 7) is 8.18. The number of hydrogen-bond acceptors (Lipinski definition) is 3. The smallest absolute Gasteiger partial charge is 0.232 e. The fraction of sp³-hybridized carbons (Fsp3) is 0.652. The summed E-state index contributed by atoms with van der Waals surface area (Å²) >= 11 is 0. The lowest BCUT2D eigenvalue weighted by Crippen LogP contribution is -2.45. The lowest BCUT2D eigenvalue weighted by molar-refractivity contribution is -0.136. The first-order valence-electron chi connectivity index (χ1n) is 11.2. The van der Waals surface area contributed by atoms with Crippen LogP contribution in [0.5, 0.6) is 0 Å². The number of carbonyl (C=O) groups is 1. The summed E-state index contributed by atoms with van der Waals surface area (Å²) in [5, 5.41) is 3.47.